The van der Waals surface area contributed by atoms with Gasteiger partial charge in [0.25, 0.3) is 0 Å². The topological polar surface area (TPSA) is 56.9 Å². The molecule has 0 aliphatic carbocycles. The van der Waals surface area contributed by atoms with Crippen LogP contribution in [0.5, 0.6) is 0 Å². The summed E-state index contributed by atoms with van der Waals surface area (Å²) in [6.07, 6.45) is 4.79. The van der Waals surface area contributed by atoms with E-state index in [1.807, 2.05) is 23.8 Å². The first-order valence-electron chi connectivity index (χ1n) is 7.50. The van der Waals surface area contributed by atoms with Crippen LogP contribution in [-0.4, -0.2) is 63.4 Å². The highest BCUT2D eigenvalue weighted by Crippen LogP contribution is 2.29. The molecule has 1 aliphatic rings. The van der Waals surface area contributed by atoms with Crippen LogP contribution in [0.2, 0.25) is 0 Å². The molecular weight excluding hydrogens is 266 g/mol. The Morgan fingerprint density at radius 2 is 2.29 bits per heavy atom. The van der Waals surface area contributed by atoms with Gasteiger partial charge in [-0.2, -0.15) is 5.10 Å². The van der Waals surface area contributed by atoms with Crippen LogP contribution in [-0.2, 0) is 0 Å². The zero-order valence-corrected chi connectivity index (χ0v) is 12.9. The Bertz CT molecular complexity index is 626. The van der Waals surface area contributed by atoms with Crippen LogP contribution >= 0.6 is 0 Å². The van der Waals surface area contributed by atoms with E-state index in [4.69, 9.17) is 5.11 Å². The van der Waals surface area contributed by atoms with Crippen molar-refractivity contribution in [3.05, 3.63) is 24.2 Å². The minimum absolute atomic E-state index is 0.204. The zero-order chi connectivity index (χ0) is 15.0. The fourth-order valence-corrected chi connectivity index (χ4v) is 3.39. The number of nitrogens with zero attached hydrogens (tertiary/aromatic N) is 5. The smallest absolute Gasteiger partial charge is 0.154 e. The van der Waals surface area contributed by atoms with Crippen molar-refractivity contribution in [1.82, 2.24) is 19.5 Å². The van der Waals surface area contributed by atoms with E-state index in [1.54, 1.807) is 0 Å². The normalized spacial score (nSPS) is 22.6. The lowest BCUT2D eigenvalue weighted by Gasteiger charge is -2.31. The number of aromatic nitrogens is 3. The number of rotatable bonds is 4. The van der Waals surface area contributed by atoms with E-state index in [9.17, 15) is 0 Å². The molecule has 1 N–H and O–H groups in total. The number of anilines is 1. The van der Waals surface area contributed by atoms with Crippen molar-refractivity contribution in [2.45, 2.75) is 32.4 Å². The maximum absolute atomic E-state index is 9.13. The first-order valence-corrected chi connectivity index (χ1v) is 7.50. The van der Waals surface area contributed by atoms with E-state index in [0.29, 0.717) is 18.6 Å². The van der Waals surface area contributed by atoms with Gasteiger partial charge in [0.1, 0.15) is 5.52 Å². The van der Waals surface area contributed by atoms with Crippen LogP contribution in [0.25, 0.3) is 5.52 Å². The van der Waals surface area contributed by atoms with E-state index in [-0.39, 0.29) is 6.61 Å². The van der Waals surface area contributed by atoms with Crippen LogP contribution in [0, 0.1) is 6.92 Å². The molecular formula is C15H23N5O. The van der Waals surface area contributed by atoms with Crippen LogP contribution in [0.15, 0.2) is 18.5 Å². The summed E-state index contributed by atoms with van der Waals surface area (Å²) >= 11 is 0. The molecule has 114 valence electrons. The summed E-state index contributed by atoms with van der Waals surface area (Å²) in [6.45, 7) is 6.14. The second-order valence-electron chi connectivity index (χ2n) is 5.86. The number of aliphatic hydroxyl groups is 1. The summed E-state index contributed by atoms with van der Waals surface area (Å²) in [5.41, 5.74) is 2.07. The van der Waals surface area contributed by atoms with E-state index in [1.165, 1.54) is 0 Å². The fourth-order valence-electron chi connectivity index (χ4n) is 3.39. The molecule has 1 fully saturated rings. The van der Waals surface area contributed by atoms with Crippen molar-refractivity contribution >= 4 is 11.3 Å². The van der Waals surface area contributed by atoms with Gasteiger partial charge in [-0.05, 0) is 33.4 Å². The summed E-state index contributed by atoms with van der Waals surface area (Å²) in [6, 6.07) is 2.90. The monoisotopic (exact) mass is 289 g/mol. The molecule has 2 aromatic rings. The van der Waals surface area contributed by atoms with Gasteiger partial charge in [-0.15, -0.1) is 0 Å². The largest absolute Gasteiger partial charge is 0.395 e. The Balaban J connectivity index is 1.90. The number of hydrogen-bond donors (Lipinski definition) is 1. The maximum atomic E-state index is 9.13. The van der Waals surface area contributed by atoms with Crippen molar-refractivity contribution in [3.63, 3.8) is 0 Å². The van der Waals surface area contributed by atoms with Gasteiger partial charge in [0, 0.05) is 37.6 Å². The minimum Gasteiger partial charge on any atom is -0.395 e. The number of fused-ring (bicyclic) bond motifs is 1. The molecule has 0 saturated carbocycles. The lowest BCUT2D eigenvalue weighted by molar-refractivity contribution is 0.175. The zero-order valence-electron chi connectivity index (χ0n) is 12.9. The molecule has 6 heteroatoms. The highest BCUT2D eigenvalue weighted by Gasteiger charge is 2.34. The number of aryl methyl sites for hydroxylation is 1. The predicted octanol–water partition coefficient (Wildman–Crippen LogP) is 0.929. The molecule has 0 unspecified atom stereocenters. The molecule has 1 saturated heterocycles. The lowest BCUT2D eigenvalue weighted by Crippen LogP contribution is -2.43. The third kappa shape index (κ3) is 2.49. The standard InChI is InChI=1S/C15H23N5O/c1-11-10-14-15(16-5-7-20(14)17-11)19-6-4-13(12(19)2)18(3)8-9-21/h5,7,10,12-13,21H,4,6,8-9H2,1-3H3/t12-,13-/m1/s1. The summed E-state index contributed by atoms with van der Waals surface area (Å²) in [7, 11) is 2.08. The maximum Gasteiger partial charge on any atom is 0.154 e. The Hall–Kier alpha value is -1.66. The summed E-state index contributed by atoms with van der Waals surface area (Å²) in [4.78, 5) is 9.19. The molecule has 6 nitrogen and oxygen atoms in total. The highest BCUT2D eigenvalue weighted by molar-refractivity contribution is 5.70. The van der Waals surface area contributed by atoms with Gasteiger partial charge < -0.3 is 10.0 Å². The number of hydrogen-bond acceptors (Lipinski definition) is 5. The van der Waals surface area contributed by atoms with Gasteiger partial charge in [0.05, 0.1) is 12.3 Å². The molecule has 0 aromatic carbocycles. The van der Waals surface area contributed by atoms with E-state index in [2.05, 4.69) is 39.9 Å². The number of likely N-dealkylation sites (N-methyl/N-ethyl adjacent to an activating group) is 1. The molecule has 3 rings (SSSR count). The minimum atomic E-state index is 0.204. The van der Waals surface area contributed by atoms with Gasteiger partial charge in [-0.1, -0.05) is 0 Å². The molecule has 0 spiro atoms. The molecule has 0 amide bonds. The Morgan fingerprint density at radius 3 is 3.05 bits per heavy atom. The number of aliphatic hydroxyl groups excluding tert-OH is 1. The fraction of sp³-hybridized carbons (Fsp3) is 0.600. The Morgan fingerprint density at radius 1 is 1.48 bits per heavy atom. The molecule has 21 heavy (non-hydrogen) atoms. The Kier molecular flexibility index (Phi) is 3.82. The van der Waals surface area contributed by atoms with Gasteiger partial charge in [-0.25, -0.2) is 9.50 Å². The quantitative estimate of drug-likeness (QED) is 0.907. The van der Waals surface area contributed by atoms with E-state index in [0.717, 1.165) is 30.0 Å². The van der Waals surface area contributed by atoms with Crippen LogP contribution in [0.4, 0.5) is 5.82 Å². The average molecular weight is 289 g/mol. The van der Waals surface area contributed by atoms with Crippen LogP contribution in [0.1, 0.15) is 19.0 Å². The van der Waals surface area contributed by atoms with Gasteiger partial charge in [-0.3, -0.25) is 4.90 Å². The summed E-state index contributed by atoms with van der Waals surface area (Å²) in [5.74, 6) is 1.01. The van der Waals surface area contributed by atoms with Gasteiger partial charge in [0.15, 0.2) is 5.82 Å². The predicted molar refractivity (Wildman–Crippen MR) is 82.7 cm³/mol. The van der Waals surface area contributed by atoms with Crippen molar-refractivity contribution < 1.29 is 5.11 Å². The van der Waals surface area contributed by atoms with E-state index >= 15 is 0 Å². The second-order valence-corrected chi connectivity index (χ2v) is 5.86. The molecule has 0 radical (unpaired) electrons. The second kappa shape index (κ2) is 5.61. The van der Waals surface area contributed by atoms with E-state index < -0.39 is 0 Å². The average Bonchev–Trinajstić information content (AvgIpc) is 3.00. The molecule has 0 bridgehead atoms. The molecule has 2 atom stereocenters. The first kappa shape index (κ1) is 14.3. The summed E-state index contributed by atoms with van der Waals surface area (Å²) < 4.78 is 1.90. The molecule has 1 aliphatic heterocycles. The third-order valence-electron chi connectivity index (χ3n) is 4.50. The molecule has 2 aromatic heterocycles. The third-order valence-corrected chi connectivity index (χ3v) is 4.50. The SMILES string of the molecule is Cc1cc2c(N3CC[C@@H](N(C)CCO)[C@H]3C)nccn2n1. The van der Waals surface area contributed by atoms with Gasteiger partial charge in [0.2, 0.25) is 0 Å². The first-order chi connectivity index (χ1) is 10.1. The van der Waals surface area contributed by atoms with Crippen molar-refractivity contribution in [2.24, 2.45) is 0 Å². The van der Waals surface area contributed by atoms with Crippen LogP contribution in [0.3, 0.4) is 0 Å². The Labute approximate surface area is 125 Å². The van der Waals surface area contributed by atoms with Crippen molar-refractivity contribution in [2.75, 3.05) is 31.6 Å². The highest BCUT2D eigenvalue weighted by atomic mass is 16.3. The van der Waals surface area contributed by atoms with Crippen LogP contribution < -0.4 is 4.90 Å². The summed E-state index contributed by atoms with van der Waals surface area (Å²) in [5, 5.41) is 13.6. The van der Waals surface area contributed by atoms with Crippen molar-refractivity contribution in [3.8, 4) is 0 Å². The van der Waals surface area contributed by atoms with Gasteiger partial charge >= 0.3 is 0 Å². The lowest BCUT2D eigenvalue weighted by atomic mass is 10.1. The van der Waals surface area contributed by atoms with Crippen molar-refractivity contribution in [1.29, 1.82) is 0 Å². The molecule has 3 heterocycles.